The van der Waals surface area contributed by atoms with Crippen LogP contribution in [0.15, 0.2) is 6.20 Å². The molecule has 5 nitrogen and oxygen atoms in total. The van der Waals surface area contributed by atoms with Gasteiger partial charge in [0.25, 0.3) is 0 Å². The molecule has 1 unspecified atom stereocenters. The van der Waals surface area contributed by atoms with Gasteiger partial charge >= 0.3 is 5.97 Å². The lowest BCUT2D eigenvalue weighted by atomic mass is 10.1. The maximum absolute atomic E-state index is 10.4. The second-order valence-electron chi connectivity index (χ2n) is 2.27. The van der Waals surface area contributed by atoms with E-state index in [1.165, 1.54) is 6.20 Å². The lowest BCUT2D eigenvalue weighted by molar-refractivity contribution is -0.138. The van der Waals surface area contributed by atoms with Crippen molar-refractivity contribution in [3.8, 4) is 0 Å². The Morgan fingerprint density at radius 2 is 2.55 bits per heavy atom. The number of carboxylic acids is 1. The number of nitrogen functional groups attached to an aromatic ring is 1. The quantitative estimate of drug-likeness (QED) is 0.568. The molecule has 1 rings (SSSR count). The molecule has 0 fully saturated rings. The number of H-pyrrole nitrogens is 1. The monoisotopic (exact) mass is 155 g/mol. The summed E-state index contributed by atoms with van der Waals surface area (Å²) in [4.78, 5) is 16.8. The smallest absolute Gasteiger partial charge is 0.312 e. The molecule has 1 aromatic rings. The summed E-state index contributed by atoms with van der Waals surface area (Å²) >= 11 is 0. The summed E-state index contributed by atoms with van der Waals surface area (Å²) in [6, 6.07) is 0. The van der Waals surface area contributed by atoms with Crippen LogP contribution in [0.1, 0.15) is 18.5 Å². The molecule has 0 amide bonds. The molecule has 1 aromatic heterocycles. The van der Waals surface area contributed by atoms with Gasteiger partial charge in [-0.25, -0.2) is 4.98 Å². The molecular formula is C6H9N3O2. The minimum atomic E-state index is -0.906. The first-order valence-electron chi connectivity index (χ1n) is 3.15. The third kappa shape index (κ3) is 1.49. The largest absolute Gasteiger partial charge is 0.481 e. The summed E-state index contributed by atoms with van der Waals surface area (Å²) in [6.07, 6.45) is 1.49. The van der Waals surface area contributed by atoms with Crippen LogP contribution in [0, 0.1) is 0 Å². The topological polar surface area (TPSA) is 92.0 Å². The number of anilines is 1. The number of aromatic nitrogens is 2. The number of carboxylic acid groups (broad SMARTS) is 1. The first kappa shape index (κ1) is 7.59. The van der Waals surface area contributed by atoms with Crippen molar-refractivity contribution in [2.45, 2.75) is 12.8 Å². The van der Waals surface area contributed by atoms with Gasteiger partial charge in [0, 0.05) is 6.20 Å². The van der Waals surface area contributed by atoms with Crippen molar-refractivity contribution in [2.75, 3.05) is 5.73 Å². The highest BCUT2D eigenvalue weighted by atomic mass is 16.4. The number of hydrogen-bond acceptors (Lipinski definition) is 3. The van der Waals surface area contributed by atoms with Gasteiger partial charge in [0.15, 0.2) is 5.95 Å². The van der Waals surface area contributed by atoms with Crippen LogP contribution in [0.2, 0.25) is 0 Å². The van der Waals surface area contributed by atoms with Gasteiger partial charge in [0.1, 0.15) is 0 Å². The van der Waals surface area contributed by atoms with E-state index in [1.807, 2.05) is 0 Å². The summed E-state index contributed by atoms with van der Waals surface area (Å²) in [5.41, 5.74) is 5.71. The highest BCUT2D eigenvalue weighted by Gasteiger charge is 2.15. The van der Waals surface area contributed by atoms with E-state index >= 15 is 0 Å². The fraction of sp³-hybridized carbons (Fsp3) is 0.333. The third-order valence-corrected chi connectivity index (χ3v) is 1.43. The Morgan fingerprint density at radius 1 is 1.91 bits per heavy atom. The molecule has 0 saturated heterocycles. The van der Waals surface area contributed by atoms with Crippen molar-refractivity contribution in [2.24, 2.45) is 0 Å². The minimum Gasteiger partial charge on any atom is -0.481 e. The van der Waals surface area contributed by atoms with E-state index < -0.39 is 11.9 Å². The molecule has 0 radical (unpaired) electrons. The Bertz CT molecular complexity index is 269. The number of hydrogen-bond donors (Lipinski definition) is 3. The second kappa shape index (κ2) is 2.61. The van der Waals surface area contributed by atoms with E-state index in [1.54, 1.807) is 6.92 Å². The molecule has 0 aliphatic heterocycles. The Kier molecular flexibility index (Phi) is 1.80. The molecule has 60 valence electrons. The maximum atomic E-state index is 10.4. The Hall–Kier alpha value is -1.52. The van der Waals surface area contributed by atoms with Crippen LogP contribution in [-0.2, 0) is 4.79 Å². The number of nitrogens with one attached hydrogen (secondary N) is 1. The number of nitrogens with two attached hydrogens (primary N) is 1. The van der Waals surface area contributed by atoms with Crippen molar-refractivity contribution < 1.29 is 9.90 Å². The zero-order valence-electron chi connectivity index (χ0n) is 6.03. The number of carbonyl (C=O) groups is 1. The van der Waals surface area contributed by atoms with Gasteiger partial charge in [-0.1, -0.05) is 0 Å². The molecule has 0 aliphatic carbocycles. The maximum Gasteiger partial charge on any atom is 0.312 e. The molecule has 11 heavy (non-hydrogen) atoms. The zero-order chi connectivity index (χ0) is 8.43. The molecular weight excluding hydrogens is 146 g/mol. The van der Waals surface area contributed by atoms with Gasteiger partial charge in [-0.2, -0.15) is 0 Å². The Labute approximate surface area is 63.3 Å². The molecule has 0 bridgehead atoms. The number of nitrogens with zero attached hydrogens (tertiary/aromatic N) is 1. The van der Waals surface area contributed by atoms with Crippen LogP contribution in [0.3, 0.4) is 0 Å². The molecule has 4 N–H and O–H groups in total. The Balaban J connectivity index is 2.84. The standard InChI is InChI=1S/C6H9N3O2/c1-3(5(10)11)4-2-8-6(7)9-4/h2-3H,1H3,(H,10,11)(H3,7,8,9). The molecule has 0 saturated carbocycles. The number of aliphatic carboxylic acids is 1. The van der Waals surface area contributed by atoms with Crippen LogP contribution >= 0.6 is 0 Å². The van der Waals surface area contributed by atoms with E-state index in [0.717, 1.165) is 0 Å². The fourth-order valence-corrected chi connectivity index (χ4v) is 0.700. The highest BCUT2D eigenvalue weighted by molar-refractivity contribution is 5.74. The zero-order valence-corrected chi connectivity index (χ0v) is 6.03. The molecule has 1 heterocycles. The van der Waals surface area contributed by atoms with E-state index in [-0.39, 0.29) is 5.95 Å². The van der Waals surface area contributed by atoms with Crippen molar-refractivity contribution in [1.29, 1.82) is 0 Å². The number of aromatic amines is 1. The van der Waals surface area contributed by atoms with E-state index in [9.17, 15) is 4.79 Å². The lowest BCUT2D eigenvalue weighted by Gasteiger charge is -1.98. The highest BCUT2D eigenvalue weighted by Crippen LogP contribution is 2.12. The van der Waals surface area contributed by atoms with Crippen LogP contribution in [0.4, 0.5) is 5.95 Å². The predicted molar refractivity (Wildman–Crippen MR) is 39.1 cm³/mol. The van der Waals surface area contributed by atoms with Crippen molar-refractivity contribution in [3.05, 3.63) is 11.9 Å². The SMILES string of the molecule is CC(C(=O)O)c1c[nH]c(N)n1. The molecule has 5 heteroatoms. The summed E-state index contributed by atoms with van der Waals surface area (Å²) in [6.45, 7) is 1.55. The van der Waals surface area contributed by atoms with Gasteiger partial charge in [0.2, 0.25) is 0 Å². The molecule has 0 spiro atoms. The van der Waals surface area contributed by atoms with E-state index in [4.69, 9.17) is 10.8 Å². The number of rotatable bonds is 2. The molecule has 0 aliphatic rings. The van der Waals surface area contributed by atoms with Gasteiger partial charge < -0.3 is 15.8 Å². The Morgan fingerprint density at radius 3 is 2.91 bits per heavy atom. The van der Waals surface area contributed by atoms with E-state index in [0.29, 0.717) is 5.69 Å². The van der Waals surface area contributed by atoms with Crippen molar-refractivity contribution in [3.63, 3.8) is 0 Å². The van der Waals surface area contributed by atoms with Gasteiger partial charge in [0.05, 0.1) is 11.6 Å². The minimum absolute atomic E-state index is 0.244. The predicted octanol–water partition coefficient (Wildman–Crippen LogP) is 0.180. The van der Waals surface area contributed by atoms with E-state index in [2.05, 4.69) is 9.97 Å². The van der Waals surface area contributed by atoms with Crippen LogP contribution in [-0.4, -0.2) is 21.0 Å². The van der Waals surface area contributed by atoms with Gasteiger partial charge in [-0.05, 0) is 6.92 Å². The lowest BCUT2D eigenvalue weighted by Crippen LogP contribution is -2.07. The second-order valence-corrected chi connectivity index (χ2v) is 2.27. The first-order valence-corrected chi connectivity index (χ1v) is 3.15. The molecule has 0 aromatic carbocycles. The fourth-order valence-electron chi connectivity index (χ4n) is 0.700. The molecule has 1 atom stereocenters. The van der Waals surface area contributed by atoms with Crippen LogP contribution in [0.25, 0.3) is 0 Å². The number of imidazole rings is 1. The summed E-state index contributed by atoms with van der Waals surface area (Å²) in [5, 5.41) is 8.55. The summed E-state index contributed by atoms with van der Waals surface area (Å²) < 4.78 is 0. The van der Waals surface area contributed by atoms with Gasteiger partial charge in [-0.15, -0.1) is 0 Å². The average molecular weight is 155 g/mol. The van der Waals surface area contributed by atoms with Gasteiger partial charge in [-0.3, -0.25) is 4.79 Å². The van der Waals surface area contributed by atoms with Crippen LogP contribution in [0.5, 0.6) is 0 Å². The summed E-state index contributed by atoms with van der Waals surface area (Å²) in [5.74, 6) is -1.27. The van der Waals surface area contributed by atoms with Crippen molar-refractivity contribution >= 4 is 11.9 Å². The average Bonchev–Trinajstić information content (AvgIpc) is 2.34. The third-order valence-electron chi connectivity index (χ3n) is 1.43. The summed E-state index contributed by atoms with van der Waals surface area (Å²) in [7, 11) is 0. The normalized spacial score (nSPS) is 12.8. The van der Waals surface area contributed by atoms with Crippen LogP contribution < -0.4 is 5.73 Å². The van der Waals surface area contributed by atoms with Crippen molar-refractivity contribution in [1.82, 2.24) is 9.97 Å². The first-order chi connectivity index (χ1) is 5.11.